The van der Waals surface area contributed by atoms with Gasteiger partial charge >= 0.3 is 0 Å². The molecule has 9 heteroatoms. The van der Waals surface area contributed by atoms with Crippen LogP contribution in [0.2, 0.25) is 0 Å². The molecule has 1 aromatic carbocycles. The third-order valence-electron chi connectivity index (χ3n) is 4.70. The number of benzene rings is 1. The Kier molecular flexibility index (Phi) is 8.53. The average Bonchev–Trinajstić information content (AvgIpc) is 3.12. The van der Waals surface area contributed by atoms with E-state index in [9.17, 15) is 5.11 Å². The average molecular weight is 407 g/mol. The number of likely N-dealkylation sites (tertiary alicyclic amines) is 1. The second-order valence-electron chi connectivity index (χ2n) is 7.08. The number of nitrogens with one attached hydrogen (secondary N) is 1. The Morgan fingerprint density at radius 1 is 1.21 bits per heavy atom. The van der Waals surface area contributed by atoms with Crippen molar-refractivity contribution in [2.45, 2.75) is 37.1 Å². The van der Waals surface area contributed by atoms with Crippen LogP contribution in [0.25, 0.3) is 0 Å². The van der Waals surface area contributed by atoms with Gasteiger partial charge in [0.1, 0.15) is 18.5 Å². The van der Waals surface area contributed by atoms with Crippen LogP contribution in [0.4, 0.5) is 0 Å². The topological polar surface area (TPSA) is 88.3 Å². The lowest BCUT2D eigenvalue weighted by atomic mass is 10.1. The summed E-state index contributed by atoms with van der Waals surface area (Å²) in [6.45, 7) is 4.89. The number of rotatable bonds is 11. The molecule has 1 saturated heterocycles. The van der Waals surface area contributed by atoms with Crippen LogP contribution in [0, 0.1) is 0 Å². The lowest BCUT2D eigenvalue weighted by molar-refractivity contribution is 0.0617. The molecule has 1 aliphatic heterocycles. The fraction of sp³-hybridized carbons (Fsp3) is 0.632. The maximum atomic E-state index is 10.2. The van der Waals surface area contributed by atoms with E-state index in [1.54, 1.807) is 16.4 Å². The van der Waals surface area contributed by atoms with Crippen LogP contribution in [0.3, 0.4) is 0 Å². The Morgan fingerprint density at radius 3 is 2.71 bits per heavy atom. The highest BCUT2D eigenvalue weighted by molar-refractivity contribution is 7.99. The minimum absolute atomic E-state index is 0.336. The molecule has 1 aromatic heterocycles. The summed E-state index contributed by atoms with van der Waals surface area (Å²) in [5.41, 5.74) is 1.20. The summed E-state index contributed by atoms with van der Waals surface area (Å²) in [5.74, 6) is 1.71. The molecule has 0 aliphatic carbocycles. The Morgan fingerprint density at radius 2 is 2.00 bits per heavy atom. The summed E-state index contributed by atoms with van der Waals surface area (Å²) in [6, 6.07) is 8.04. The van der Waals surface area contributed by atoms with E-state index < -0.39 is 6.10 Å². The number of hydrogen-bond acceptors (Lipinski definition) is 8. The highest BCUT2D eigenvalue weighted by atomic mass is 32.2. The molecule has 2 aromatic rings. The molecule has 0 unspecified atom stereocenters. The van der Waals surface area contributed by atoms with Gasteiger partial charge in [-0.05, 0) is 54.1 Å². The number of aliphatic hydroxyl groups excluding tert-OH is 1. The fourth-order valence-corrected chi connectivity index (χ4v) is 3.93. The first-order valence-electron chi connectivity index (χ1n) is 9.89. The number of thioether (sulfide) groups is 1. The zero-order chi connectivity index (χ0) is 19.6. The number of hydrogen-bond donors (Lipinski definition) is 2. The van der Waals surface area contributed by atoms with Crippen molar-refractivity contribution < 1.29 is 9.84 Å². The molecular formula is C19H30N6O2S. The highest BCUT2D eigenvalue weighted by Gasteiger charge is 2.15. The van der Waals surface area contributed by atoms with Gasteiger partial charge in [-0.1, -0.05) is 30.3 Å². The molecule has 0 radical (unpaired) electrons. The monoisotopic (exact) mass is 406 g/mol. The van der Waals surface area contributed by atoms with Crippen molar-refractivity contribution in [2.75, 3.05) is 38.5 Å². The van der Waals surface area contributed by atoms with E-state index in [4.69, 9.17) is 4.74 Å². The predicted molar refractivity (Wildman–Crippen MR) is 109 cm³/mol. The van der Waals surface area contributed by atoms with Crippen LogP contribution in [-0.4, -0.2) is 74.9 Å². The zero-order valence-corrected chi connectivity index (χ0v) is 17.3. The summed E-state index contributed by atoms with van der Waals surface area (Å²) in [6.07, 6.45) is 3.33. The molecule has 3 rings (SSSR count). The van der Waals surface area contributed by atoms with Gasteiger partial charge in [0.25, 0.3) is 0 Å². The summed E-state index contributed by atoms with van der Waals surface area (Å²) in [7, 11) is 1.84. The normalized spacial score (nSPS) is 16.2. The van der Waals surface area contributed by atoms with Crippen molar-refractivity contribution in [3.05, 3.63) is 29.8 Å². The third-order valence-corrected chi connectivity index (χ3v) is 5.72. The quantitative estimate of drug-likeness (QED) is 0.427. The van der Waals surface area contributed by atoms with E-state index in [0.29, 0.717) is 13.2 Å². The first kappa shape index (κ1) is 21.0. The molecule has 2 N–H and O–H groups in total. The number of aromatic nitrogens is 4. The molecule has 1 aliphatic rings. The van der Waals surface area contributed by atoms with Crippen molar-refractivity contribution in [3.63, 3.8) is 0 Å². The van der Waals surface area contributed by atoms with E-state index in [1.165, 1.54) is 24.8 Å². The number of aliphatic hydroxyl groups is 1. The Labute approximate surface area is 170 Å². The van der Waals surface area contributed by atoms with Crippen molar-refractivity contribution in [1.29, 1.82) is 0 Å². The standard InChI is InChI=1S/C19H30N6O2S/c1-24-19(21-22-23-24)28-12-9-20-13-16-5-7-18(8-6-16)27-15-17(26)14-25-10-3-2-4-11-25/h5-8,17,20,26H,2-4,9-15H2,1H3/t17-/m1/s1. The second kappa shape index (κ2) is 11.4. The first-order chi connectivity index (χ1) is 13.7. The van der Waals surface area contributed by atoms with Crippen molar-refractivity contribution in [2.24, 2.45) is 7.05 Å². The molecule has 2 heterocycles. The van der Waals surface area contributed by atoms with Crippen molar-refractivity contribution in [1.82, 2.24) is 30.4 Å². The van der Waals surface area contributed by atoms with Gasteiger partial charge in [-0.25, -0.2) is 4.68 Å². The molecule has 8 nitrogen and oxygen atoms in total. The van der Waals surface area contributed by atoms with Gasteiger partial charge in [-0.2, -0.15) is 0 Å². The lowest BCUT2D eigenvalue weighted by Crippen LogP contribution is -2.38. The smallest absolute Gasteiger partial charge is 0.209 e. The Bertz CT molecular complexity index is 690. The highest BCUT2D eigenvalue weighted by Crippen LogP contribution is 2.14. The fourth-order valence-electron chi connectivity index (χ4n) is 3.18. The zero-order valence-electron chi connectivity index (χ0n) is 16.5. The van der Waals surface area contributed by atoms with Crippen LogP contribution in [-0.2, 0) is 13.6 Å². The molecule has 0 bridgehead atoms. The number of ether oxygens (including phenoxy) is 1. The maximum Gasteiger partial charge on any atom is 0.209 e. The van der Waals surface area contributed by atoms with Crippen LogP contribution in [0.15, 0.2) is 29.4 Å². The number of tetrazole rings is 1. The molecular weight excluding hydrogens is 376 g/mol. The minimum atomic E-state index is -0.443. The molecule has 28 heavy (non-hydrogen) atoms. The van der Waals surface area contributed by atoms with Crippen molar-refractivity contribution in [3.8, 4) is 5.75 Å². The Hall–Kier alpha value is -1.68. The number of piperidine rings is 1. The lowest BCUT2D eigenvalue weighted by Gasteiger charge is -2.28. The van der Waals surface area contributed by atoms with Crippen LogP contribution in [0.5, 0.6) is 5.75 Å². The van der Waals surface area contributed by atoms with E-state index in [-0.39, 0.29) is 0 Å². The second-order valence-corrected chi connectivity index (χ2v) is 8.14. The summed E-state index contributed by atoms with van der Waals surface area (Å²) in [4.78, 5) is 2.32. The molecule has 154 valence electrons. The molecule has 1 fully saturated rings. The van der Waals surface area contributed by atoms with Crippen molar-refractivity contribution >= 4 is 11.8 Å². The van der Waals surface area contributed by atoms with Gasteiger partial charge < -0.3 is 20.1 Å². The summed E-state index contributed by atoms with van der Waals surface area (Å²) >= 11 is 1.63. The third kappa shape index (κ3) is 7.05. The summed E-state index contributed by atoms with van der Waals surface area (Å²) < 4.78 is 7.41. The number of nitrogens with zero attached hydrogens (tertiary/aromatic N) is 5. The van der Waals surface area contributed by atoms with E-state index >= 15 is 0 Å². The van der Waals surface area contributed by atoms with Gasteiger partial charge in [0.2, 0.25) is 5.16 Å². The Balaban J connectivity index is 1.29. The number of β-amino-alcohol motifs (C(OH)–C–C–N with tert-alkyl or cyclic N) is 1. The largest absolute Gasteiger partial charge is 0.491 e. The molecule has 0 saturated carbocycles. The van der Waals surface area contributed by atoms with Crippen LogP contribution < -0.4 is 10.1 Å². The van der Waals surface area contributed by atoms with E-state index in [2.05, 4.69) is 37.9 Å². The summed E-state index contributed by atoms with van der Waals surface area (Å²) in [5, 5.41) is 25.8. The predicted octanol–water partition coefficient (Wildman–Crippen LogP) is 1.32. The van der Waals surface area contributed by atoms with E-state index in [1.807, 2.05) is 19.2 Å². The van der Waals surface area contributed by atoms with Gasteiger partial charge in [-0.15, -0.1) is 5.10 Å². The molecule has 1 atom stereocenters. The van der Waals surface area contributed by atoms with Crippen LogP contribution >= 0.6 is 11.8 Å². The maximum absolute atomic E-state index is 10.2. The first-order valence-corrected chi connectivity index (χ1v) is 10.9. The van der Waals surface area contributed by atoms with Gasteiger partial charge in [0.15, 0.2) is 0 Å². The minimum Gasteiger partial charge on any atom is -0.491 e. The van der Waals surface area contributed by atoms with E-state index in [0.717, 1.165) is 42.8 Å². The van der Waals surface area contributed by atoms with Gasteiger partial charge in [-0.3, -0.25) is 0 Å². The molecule has 0 spiro atoms. The number of aryl methyl sites for hydroxylation is 1. The SMILES string of the molecule is Cn1nnnc1SCCNCc1ccc(OC[C@H](O)CN2CCCCC2)cc1. The van der Waals surface area contributed by atoms with Crippen LogP contribution in [0.1, 0.15) is 24.8 Å². The van der Waals surface area contributed by atoms with Gasteiger partial charge in [0.05, 0.1) is 0 Å². The van der Waals surface area contributed by atoms with Gasteiger partial charge in [0, 0.05) is 32.4 Å². The molecule has 0 amide bonds.